The van der Waals surface area contributed by atoms with Gasteiger partial charge in [0.15, 0.2) is 0 Å². The molecule has 2 aromatic heterocycles. The van der Waals surface area contributed by atoms with Gasteiger partial charge >= 0.3 is 0 Å². The number of carbonyl (C=O) groups excluding carboxylic acids is 2. The number of anilines is 1. The highest BCUT2D eigenvalue weighted by Crippen LogP contribution is 2.30. The molecule has 0 atom stereocenters. The van der Waals surface area contributed by atoms with Crippen molar-refractivity contribution in [1.82, 2.24) is 15.5 Å². The Kier molecular flexibility index (Phi) is 5.02. The highest BCUT2D eigenvalue weighted by Gasteiger charge is 2.18. The van der Waals surface area contributed by atoms with Gasteiger partial charge in [-0.3, -0.25) is 14.7 Å². The SMILES string of the molecule is CC(C)(C)NC(=O)Cc1cc2c(NC(=O)c3ccccc3Cl)[nH]nc2s1. The quantitative estimate of drug-likeness (QED) is 0.629. The zero-order valence-corrected chi connectivity index (χ0v) is 16.2. The van der Waals surface area contributed by atoms with Crippen molar-refractivity contribution in [2.24, 2.45) is 0 Å². The number of hydrogen-bond donors (Lipinski definition) is 3. The van der Waals surface area contributed by atoms with Crippen LogP contribution < -0.4 is 10.6 Å². The molecular weight excluding hydrogens is 372 g/mol. The van der Waals surface area contributed by atoms with Crippen LogP contribution in [-0.4, -0.2) is 27.6 Å². The summed E-state index contributed by atoms with van der Waals surface area (Å²) in [6, 6.07) is 8.70. The molecule has 0 saturated heterocycles. The second kappa shape index (κ2) is 7.09. The standard InChI is InChI=1S/C18H19ClN4O2S/c1-18(2,3)21-14(24)9-10-8-12-15(22-23-17(12)26-10)20-16(25)11-6-4-5-7-13(11)19/h4-8H,9H2,1-3H3,(H,21,24)(H2,20,22,23,25). The third-order valence-electron chi connectivity index (χ3n) is 3.51. The van der Waals surface area contributed by atoms with E-state index in [0.717, 1.165) is 15.1 Å². The summed E-state index contributed by atoms with van der Waals surface area (Å²) in [5.41, 5.74) is 0.111. The first-order chi connectivity index (χ1) is 12.2. The minimum Gasteiger partial charge on any atom is -0.351 e. The van der Waals surface area contributed by atoms with Crippen LogP contribution in [0.2, 0.25) is 5.02 Å². The molecule has 1 aromatic carbocycles. The Balaban J connectivity index is 1.77. The second-order valence-electron chi connectivity index (χ2n) is 6.94. The monoisotopic (exact) mass is 390 g/mol. The number of thiophene rings is 1. The normalized spacial score (nSPS) is 11.5. The summed E-state index contributed by atoms with van der Waals surface area (Å²) in [7, 11) is 0. The van der Waals surface area contributed by atoms with Crippen molar-refractivity contribution in [3.63, 3.8) is 0 Å². The average molecular weight is 391 g/mol. The maximum absolute atomic E-state index is 12.4. The van der Waals surface area contributed by atoms with Crippen LogP contribution in [0.4, 0.5) is 5.82 Å². The van der Waals surface area contributed by atoms with Gasteiger partial charge in [-0.15, -0.1) is 11.3 Å². The number of H-pyrrole nitrogens is 1. The molecule has 0 aliphatic heterocycles. The summed E-state index contributed by atoms with van der Waals surface area (Å²) in [6.45, 7) is 5.82. The van der Waals surface area contributed by atoms with Gasteiger partial charge in [0, 0.05) is 10.4 Å². The summed E-state index contributed by atoms with van der Waals surface area (Å²) in [5.74, 6) is 0.120. The van der Waals surface area contributed by atoms with E-state index in [9.17, 15) is 9.59 Å². The van der Waals surface area contributed by atoms with Crippen LogP contribution in [0.5, 0.6) is 0 Å². The molecular formula is C18H19ClN4O2S. The topological polar surface area (TPSA) is 86.9 Å². The van der Waals surface area contributed by atoms with Crippen LogP contribution in [0.15, 0.2) is 30.3 Å². The van der Waals surface area contributed by atoms with Crippen LogP contribution in [0.1, 0.15) is 36.0 Å². The largest absolute Gasteiger partial charge is 0.351 e. The minimum atomic E-state index is -0.320. The number of aromatic amines is 1. The van der Waals surface area contributed by atoms with Crippen molar-refractivity contribution in [2.75, 3.05) is 5.32 Å². The number of rotatable bonds is 4. The minimum absolute atomic E-state index is 0.0490. The van der Waals surface area contributed by atoms with E-state index < -0.39 is 0 Å². The van der Waals surface area contributed by atoms with Gasteiger partial charge < -0.3 is 10.6 Å². The van der Waals surface area contributed by atoms with E-state index in [-0.39, 0.29) is 23.8 Å². The van der Waals surface area contributed by atoms with Crippen LogP contribution in [0, 0.1) is 0 Å². The Morgan fingerprint density at radius 3 is 2.69 bits per heavy atom. The highest BCUT2D eigenvalue weighted by molar-refractivity contribution is 7.18. The van der Waals surface area contributed by atoms with Crippen LogP contribution in [0.3, 0.4) is 0 Å². The Labute approximate surface area is 159 Å². The molecule has 0 aliphatic carbocycles. The molecule has 0 bridgehead atoms. The summed E-state index contributed by atoms with van der Waals surface area (Å²) < 4.78 is 0. The molecule has 3 N–H and O–H groups in total. The number of aromatic nitrogens is 2. The molecule has 6 nitrogen and oxygen atoms in total. The van der Waals surface area contributed by atoms with E-state index in [2.05, 4.69) is 20.8 Å². The molecule has 136 valence electrons. The fourth-order valence-electron chi connectivity index (χ4n) is 2.49. The fourth-order valence-corrected chi connectivity index (χ4v) is 3.70. The molecule has 0 radical (unpaired) electrons. The summed E-state index contributed by atoms with van der Waals surface area (Å²) in [5, 5.41) is 13.9. The lowest BCUT2D eigenvalue weighted by Crippen LogP contribution is -2.41. The van der Waals surface area contributed by atoms with E-state index in [1.807, 2.05) is 26.8 Å². The molecule has 0 unspecified atom stereocenters. The van der Waals surface area contributed by atoms with Crippen molar-refractivity contribution >= 4 is 50.8 Å². The Morgan fingerprint density at radius 2 is 2.00 bits per heavy atom. The molecule has 26 heavy (non-hydrogen) atoms. The summed E-state index contributed by atoms with van der Waals surface area (Å²) >= 11 is 7.48. The smallest absolute Gasteiger partial charge is 0.258 e. The van der Waals surface area contributed by atoms with Crippen molar-refractivity contribution in [3.05, 3.63) is 45.8 Å². The third-order valence-corrected chi connectivity index (χ3v) is 4.87. The van der Waals surface area contributed by atoms with E-state index in [4.69, 9.17) is 11.6 Å². The number of halogens is 1. The van der Waals surface area contributed by atoms with Crippen LogP contribution in [-0.2, 0) is 11.2 Å². The maximum Gasteiger partial charge on any atom is 0.258 e. The van der Waals surface area contributed by atoms with Gasteiger partial charge in [0.25, 0.3) is 5.91 Å². The van der Waals surface area contributed by atoms with Crippen LogP contribution in [0.25, 0.3) is 10.2 Å². The summed E-state index contributed by atoms with van der Waals surface area (Å²) in [4.78, 5) is 26.1. The van der Waals surface area contributed by atoms with Gasteiger partial charge in [0.1, 0.15) is 10.6 Å². The number of benzene rings is 1. The predicted octanol–water partition coefficient (Wildman–Crippen LogP) is 3.99. The molecule has 8 heteroatoms. The highest BCUT2D eigenvalue weighted by atomic mass is 35.5. The van der Waals surface area contributed by atoms with Gasteiger partial charge in [-0.1, -0.05) is 23.7 Å². The molecule has 0 aliphatic rings. The van der Waals surface area contributed by atoms with Crippen molar-refractivity contribution in [3.8, 4) is 0 Å². The Morgan fingerprint density at radius 1 is 1.27 bits per heavy atom. The summed E-state index contributed by atoms with van der Waals surface area (Å²) in [6.07, 6.45) is 0.274. The predicted molar refractivity (Wildman–Crippen MR) is 105 cm³/mol. The zero-order valence-electron chi connectivity index (χ0n) is 14.6. The van der Waals surface area contributed by atoms with Gasteiger partial charge in [-0.05, 0) is 39.0 Å². The van der Waals surface area contributed by atoms with Crippen molar-refractivity contribution in [2.45, 2.75) is 32.7 Å². The lowest BCUT2D eigenvalue weighted by Gasteiger charge is -2.20. The van der Waals surface area contributed by atoms with Gasteiger partial charge in [0.2, 0.25) is 5.91 Å². The molecule has 0 fully saturated rings. The van der Waals surface area contributed by atoms with Crippen molar-refractivity contribution in [1.29, 1.82) is 0 Å². The van der Waals surface area contributed by atoms with Gasteiger partial charge in [-0.2, -0.15) is 5.10 Å². The molecule has 3 aromatic rings. The Bertz CT molecular complexity index is 971. The van der Waals surface area contributed by atoms with E-state index in [1.165, 1.54) is 11.3 Å². The third kappa shape index (κ3) is 4.23. The lowest BCUT2D eigenvalue weighted by molar-refractivity contribution is -0.121. The molecule has 3 rings (SSSR count). The molecule has 0 saturated carbocycles. The van der Waals surface area contributed by atoms with E-state index >= 15 is 0 Å². The molecule has 2 heterocycles. The Hall–Kier alpha value is -2.38. The average Bonchev–Trinajstić information content (AvgIpc) is 3.07. The lowest BCUT2D eigenvalue weighted by atomic mass is 10.1. The molecule has 0 spiro atoms. The first-order valence-corrected chi connectivity index (χ1v) is 9.26. The van der Waals surface area contributed by atoms with Crippen molar-refractivity contribution < 1.29 is 9.59 Å². The number of carbonyl (C=O) groups is 2. The first kappa shape index (κ1) is 18.4. The number of nitrogens with one attached hydrogen (secondary N) is 3. The fraction of sp³-hybridized carbons (Fsp3) is 0.278. The van der Waals surface area contributed by atoms with Gasteiger partial charge in [-0.25, -0.2) is 0 Å². The second-order valence-corrected chi connectivity index (χ2v) is 8.46. The molecule has 2 amide bonds. The number of fused-ring (bicyclic) bond motifs is 1. The van der Waals surface area contributed by atoms with Crippen LogP contribution >= 0.6 is 22.9 Å². The number of amides is 2. The first-order valence-electron chi connectivity index (χ1n) is 8.06. The number of hydrogen-bond acceptors (Lipinski definition) is 4. The number of nitrogens with zero attached hydrogens (tertiary/aromatic N) is 1. The van der Waals surface area contributed by atoms with E-state index in [0.29, 0.717) is 16.4 Å². The van der Waals surface area contributed by atoms with Gasteiger partial charge in [0.05, 0.1) is 22.4 Å². The van der Waals surface area contributed by atoms with E-state index in [1.54, 1.807) is 24.3 Å². The zero-order chi connectivity index (χ0) is 18.9. The maximum atomic E-state index is 12.4.